The SMILES string of the molecule is CCc1ccccc1S(=O)(=O)Nc1ccc([C@@H]2C[C@H]2C(=O)O)cc1. The molecule has 0 amide bonds. The van der Waals surface area contributed by atoms with Crippen LogP contribution in [0.15, 0.2) is 53.4 Å². The third-order valence-electron chi connectivity index (χ3n) is 4.34. The molecule has 0 spiro atoms. The number of sulfonamides is 1. The van der Waals surface area contributed by atoms with E-state index in [-0.39, 0.29) is 16.7 Å². The molecular formula is C18H19NO4S. The fraction of sp³-hybridized carbons (Fsp3) is 0.278. The van der Waals surface area contributed by atoms with Crippen LogP contribution in [0.2, 0.25) is 0 Å². The lowest BCUT2D eigenvalue weighted by Crippen LogP contribution is -2.14. The number of aliphatic carboxylic acids is 1. The Hall–Kier alpha value is -2.34. The van der Waals surface area contributed by atoms with Crippen LogP contribution in [0.25, 0.3) is 0 Å². The zero-order valence-corrected chi connectivity index (χ0v) is 14.1. The van der Waals surface area contributed by atoms with E-state index in [0.29, 0.717) is 18.5 Å². The Morgan fingerprint density at radius 2 is 1.83 bits per heavy atom. The van der Waals surface area contributed by atoms with Crippen molar-refractivity contribution < 1.29 is 18.3 Å². The summed E-state index contributed by atoms with van der Waals surface area (Å²) in [5.74, 6) is -1.06. The van der Waals surface area contributed by atoms with E-state index >= 15 is 0 Å². The second-order valence-electron chi connectivity index (χ2n) is 5.98. The van der Waals surface area contributed by atoms with Crippen molar-refractivity contribution in [3.8, 4) is 0 Å². The molecule has 0 heterocycles. The maximum Gasteiger partial charge on any atom is 0.307 e. The van der Waals surface area contributed by atoms with Crippen LogP contribution in [-0.4, -0.2) is 19.5 Å². The molecule has 6 heteroatoms. The lowest BCUT2D eigenvalue weighted by Gasteiger charge is -2.11. The quantitative estimate of drug-likeness (QED) is 0.842. The van der Waals surface area contributed by atoms with Crippen LogP contribution in [0.3, 0.4) is 0 Å². The van der Waals surface area contributed by atoms with Crippen LogP contribution >= 0.6 is 0 Å². The molecule has 0 aliphatic heterocycles. The number of carboxylic acid groups (broad SMARTS) is 1. The van der Waals surface area contributed by atoms with Gasteiger partial charge in [-0.25, -0.2) is 8.42 Å². The average Bonchev–Trinajstić information content (AvgIpc) is 3.36. The third-order valence-corrected chi connectivity index (χ3v) is 5.82. The van der Waals surface area contributed by atoms with Crippen molar-refractivity contribution in [1.29, 1.82) is 0 Å². The summed E-state index contributed by atoms with van der Waals surface area (Å²) >= 11 is 0. The highest BCUT2D eigenvalue weighted by Crippen LogP contribution is 2.47. The summed E-state index contributed by atoms with van der Waals surface area (Å²) < 4.78 is 27.7. The van der Waals surface area contributed by atoms with E-state index in [2.05, 4.69) is 4.72 Å². The minimum absolute atomic E-state index is 0.0361. The smallest absolute Gasteiger partial charge is 0.307 e. The Morgan fingerprint density at radius 1 is 1.17 bits per heavy atom. The maximum atomic E-state index is 12.6. The first kappa shape index (κ1) is 16.5. The summed E-state index contributed by atoms with van der Waals surface area (Å²) in [6.45, 7) is 1.91. The van der Waals surface area contributed by atoms with Gasteiger partial charge in [0, 0.05) is 5.69 Å². The fourth-order valence-electron chi connectivity index (χ4n) is 2.90. The molecule has 2 aromatic carbocycles. The molecule has 2 atom stereocenters. The van der Waals surface area contributed by atoms with Crippen LogP contribution in [0.5, 0.6) is 0 Å². The van der Waals surface area contributed by atoms with Crippen molar-refractivity contribution in [2.24, 2.45) is 5.92 Å². The van der Waals surface area contributed by atoms with Gasteiger partial charge in [-0.05, 0) is 48.1 Å². The van der Waals surface area contributed by atoms with E-state index in [1.54, 1.807) is 42.5 Å². The van der Waals surface area contributed by atoms with Gasteiger partial charge in [-0.15, -0.1) is 0 Å². The van der Waals surface area contributed by atoms with Gasteiger partial charge in [0.05, 0.1) is 10.8 Å². The lowest BCUT2D eigenvalue weighted by molar-refractivity contribution is -0.138. The van der Waals surface area contributed by atoms with Crippen LogP contribution in [0.4, 0.5) is 5.69 Å². The molecule has 5 nitrogen and oxygen atoms in total. The molecule has 2 N–H and O–H groups in total. The van der Waals surface area contributed by atoms with Crippen LogP contribution in [0.1, 0.15) is 30.4 Å². The summed E-state index contributed by atoms with van der Waals surface area (Å²) in [5.41, 5.74) is 2.17. The molecule has 0 bridgehead atoms. The van der Waals surface area contributed by atoms with Gasteiger partial charge in [-0.3, -0.25) is 9.52 Å². The Morgan fingerprint density at radius 3 is 2.42 bits per heavy atom. The number of hydrogen-bond donors (Lipinski definition) is 2. The van der Waals surface area contributed by atoms with Crippen LogP contribution in [-0.2, 0) is 21.2 Å². The zero-order chi connectivity index (χ0) is 17.3. The molecule has 126 valence electrons. The highest BCUT2D eigenvalue weighted by Gasteiger charge is 2.44. The third kappa shape index (κ3) is 3.28. The second kappa shape index (κ2) is 6.28. The summed E-state index contributed by atoms with van der Waals surface area (Å²) in [6, 6.07) is 13.9. The first-order chi connectivity index (χ1) is 11.4. The van der Waals surface area contributed by atoms with Gasteiger partial charge in [0.2, 0.25) is 0 Å². The van der Waals surface area contributed by atoms with Gasteiger partial charge in [0.15, 0.2) is 0 Å². The lowest BCUT2D eigenvalue weighted by atomic mass is 10.1. The normalized spacial score (nSPS) is 19.7. The Labute approximate surface area is 141 Å². The molecule has 1 aliphatic rings. The molecule has 0 unspecified atom stereocenters. The number of hydrogen-bond acceptors (Lipinski definition) is 3. The molecule has 0 aromatic heterocycles. The zero-order valence-electron chi connectivity index (χ0n) is 13.3. The van der Waals surface area contributed by atoms with E-state index in [1.807, 2.05) is 13.0 Å². The minimum Gasteiger partial charge on any atom is -0.481 e. The Kier molecular flexibility index (Phi) is 4.32. The van der Waals surface area contributed by atoms with Gasteiger partial charge < -0.3 is 5.11 Å². The number of benzene rings is 2. The first-order valence-corrected chi connectivity index (χ1v) is 9.34. The monoisotopic (exact) mass is 345 g/mol. The van der Waals surface area contributed by atoms with Gasteiger partial charge in [-0.1, -0.05) is 37.3 Å². The molecule has 1 fully saturated rings. The molecule has 1 aliphatic carbocycles. The van der Waals surface area contributed by atoms with Crippen LogP contribution < -0.4 is 4.72 Å². The van der Waals surface area contributed by atoms with E-state index in [9.17, 15) is 13.2 Å². The van der Waals surface area contributed by atoms with Crippen molar-refractivity contribution in [2.45, 2.75) is 30.6 Å². The molecular weight excluding hydrogens is 326 g/mol. The standard InChI is InChI=1S/C18H19NO4S/c1-2-12-5-3-4-6-17(12)24(22,23)19-14-9-7-13(8-10-14)15-11-16(15)18(20)21/h3-10,15-16,19H,2,11H2,1H3,(H,20,21)/t15-,16+/m0/s1. The molecule has 3 rings (SSSR count). The van der Waals surface area contributed by atoms with Gasteiger partial charge in [-0.2, -0.15) is 0 Å². The van der Waals surface area contributed by atoms with Crippen molar-refractivity contribution >= 4 is 21.7 Å². The largest absolute Gasteiger partial charge is 0.481 e. The number of carbonyl (C=O) groups is 1. The van der Waals surface area contributed by atoms with Gasteiger partial charge in [0.1, 0.15) is 0 Å². The van der Waals surface area contributed by atoms with Crippen molar-refractivity contribution in [3.63, 3.8) is 0 Å². The maximum absolute atomic E-state index is 12.6. The van der Waals surface area contributed by atoms with Crippen molar-refractivity contribution in [2.75, 3.05) is 4.72 Å². The van der Waals surface area contributed by atoms with Crippen LogP contribution in [0, 0.1) is 5.92 Å². The Bertz CT molecular complexity index is 859. The summed E-state index contributed by atoms with van der Waals surface area (Å²) in [5, 5.41) is 8.98. The number of anilines is 1. The molecule has 1 saturated carbocycles. The number of rotatable bonds is 6. The minimum atomic E-state index is -3.64. The number of aryl methyl sites for hydroxylation is 1. The summed E-state index contributed by atoms with van der Waals surface area (Å²) in [6.07, 6.45) is 1.28. The molecule has 0 radical (unpaired) electrons. The number of carboxylic acids is 1. The predicted molar refractivity (Wildman–Crippen MR) is 91.6 cm³/mol. The fourth-order valence-corrected chi connectivity index (χ4v) is 4.27. The van der Waals surface area contributed by atoms with E-state index in [1.165, 1.54) is 0 Å². The molecule has 2 aromatic rings. The highest BCUT2D eigenvalue weighted by molar-refractivity contribution is 7.92. The predicted octanol–water partition coefficient (Wildman–Crippen LogP) is 3.24. The van der Waals surface area contributed by atoms with Gasteiger partial charge >= 0.3 is 5.97 Å². The average molecular weight is 345 g/mol. The Balaban J connectivity index is 1.77. The first-order valence-electron chi connectivity index (χ1n) is 7.86. The summed E-state index contributed by atoms with van der Waals surface area (Å²) in [7, 11) is -3.64. The second-order valence-corrected chi connectivity index (χ2v) is 7.63. The van der Waals surface area contributed by atoms with E-state index in [0.717, 1.165) is 11.1 Å². The van der Waals surface area contributed by atoms with Crippen molar-refractivity contribution in [3.05, 3.63) is 59.7 Å². The van der Waals surface area contributed by atoms with Crippen molar-refractivity contribution in [1.82, 2.24) is 0 Å². The summed E-state index contributed by atoms with van der Waals surface area (Å²) in [4.78, 5) is 11.2. The topological polar surface area (TPSA) is 83.5 Å². The van der Waals surface area contributed by atoms with E-state index in [4.69, 9.17) is 5.11 Å². The molecule has 0 saturated heterocycles. The van der Waals surface area contributed by atoms with Gasteiger partial charge in [0.25, 0.3) is 10.0 Å². The number of nitrogens with one attached hydrogen (secondary N) is 1. The molecule has 24 heavy (non-hydrogen) atoms. The highest BCUT2D eigenvalue weighted by atomic mass is 32.2. The van der Waals surface area contributed by atoms with E-state index < -0.39 is 16.0 Å².